The van der Waals surface area contributed by atoms with Crippen LogP contribution in [0.3, 0.4) is 0 Å². The Kier molecular flexibility index (Phi) is 3.69. The van der Waals surface area contributed by atoms with Gasteiger partial charge >= 0.3 is 0 Å². The summed E-state index contributed by atoms with van der Waals surface area (Å²) in [5.41, 5.74) is 5.73. The van der Waals surface area contributed by atoms with Crippen molar-refractivity contribution in [2.75, 3.05) is 0 Å². The summed E-state index contributed by atoms with van der Waals surface area (Å²) >= 11 is 0. The van der Waals surface area contributed by atoms with Gasteiger partial charge in [-0.25, -0.2) is 0 Å². The van der Waals surface area contributed by atoms with Crippen molar-refractivity contribution < 1.29 is 9.90 Å². The van der Waals surface area contributed by atoms with Gasteiger partial charge in [0.15, 0.2) is 0 Å². The van der Waals surface area contributed by atoms with Gasteiger partial charge in [0.05, 0.1) is 11.6 Å². The van der Waals surface area contributed by atoms with Gasteiger partial charge < -0.3 is 10.0 Å². The quantitative estimate of drug-likeness (QED) is 0.788. The summed E-state index contributed by atoms with van der Waals surface area (Å²) < 4.78 is 0. The Morgan fingerprint density at radius 1 is 1.21 bits per heavy atom. The molecule has 1 unspecified atom stereocenters. The molecule has 1 aliphatic heterocycles. The summed E-state index contributed by atoms with van der Waals surface area (Å²) in [5.74, 6) is 0. The summed E-state index contributed by atoms with van der Waals surface area (Å²) in [6, 6.07) is 0.477. The number of aldehydes is 1. The third-order valence-corrected chi connectivity index (χ3v) is 5.45. The van der Waals surface area contributed by atoms with E-state index in [1.165, 1.54) is 11.1 Å². The Labute approximate surface area is 143 Å². The molecular formula is C21H23NO2. The van der Waals surface area contributed by atoms with E-state index >= 15 is 0 Å². The zero-order valence-electron chi connectivity index (χ0n) is 14.0. The molecule has 3 heteroatoms. The minimum Gasteiger partial charge on any atom is -0.390 e. The molecule has 2 atom stereocenters. The number of carbonyl (C=O) groups excluding carboxylic acids is 1. The highest BCUT2D eigenvalue weighted by atomic mass is 16.3. The van der Waals surface area contributed by atoms with Gasteiger partial charge in [0.2, 0.25) is 0 Å². The van der Waals surface area contributed by atoms with Crippen molar-refractivity contribution in [3.05, 3.63) is 70.6 Å². The topological polar surface area (TPSA) is 40.5 Å². The Balaban J connectivity index is 1.62. The Hall–Kier alpha value is -2.13. The maximum absolute atomic E-state index is 10.9. The number of allylic oxidation sites excluding steroid dienone is 9. The summed E-state index contributed by atoms with van der Waals surface area (Å²) in [6.45, 7) is 1.96. The monoisotopic (exact) mass is 321 g/mol. The Bertz CT molecular complexity index is 759. The Morgan fingerprint density at radius 3 is 2.83 bits per heavy atom. The fourth-order valence-corrected chi connectivity index (χ4v) is 3.87. The largest absolute Gasteiger partial charge is 0.390 e. The second-order valence-electron chi connectivity index (χ2n) is 7.38. The zero-order valence-corrected chi connectivity index (χ0v) is 14.0. The predicted octanol–water partition coefficient (Wildman–Crippen LogP) is 3.72. The lowest BCUT2D eigenvalue weighted by atomic mass is 9.97. The van der Waals surface area contributed by atoms with E-state index in [1.807, 2.05) is 31.2 Å². The van der Waals surface area contributed by atoms with Gasteiger partial charge in [0, 0.05) is 17.5 Å². The molecule has 0 amide bonds. The minimum absolute atomic E-state index is 0.477. The molecule has 4 rings (SSSR count). The molecule has 0 aromatic carbocycles. The summed E-state index contributed by atoms with van der Waals surface area (Å²) in [5, 5.41) is 10.4. The lowest BCUT2D eigenvalue weighted by molar-refractivity contribution is -0.104. The first-order valence-electron chi connectivity index (χ1n) is 8.73. The molecule has 0 radical (unpaired) electrons. The van der Waals surface area contributed by atoms with Crippen LogP contribution in [-0.4, -0.2) is 27.9 Å². The number of aliphatic hydroxyl groups is 1. The molecule has 124 valence electrons. The highest BCUT2D eigenvalue weighted by Gasteiger charge is 2.43. The minimum atomic E-state index is -0.543. The van der Waals surface area contributed by atoms with Crippen LogP contribution in [0, 0.1) is 0 Å². The third kappa shape index (κ3) is 2.84. The van der Waals surface area contributed by atoms with E-state index in [4.69, 9.17) is 0 Å². The molecule has 0 aromatic rings. The lowest BCUT2D eigenvalue weighted by Gasteiger charge is -2.27. The van der Waals surface area contributed by atoms with E-state index in [1.54, 1.807) is 5.57 Å². The highest BCUT2D eigenvalue weighted by molar-refractivity contribution is 5.78. The van der Waals surface area contributed by atoms with Crippen LogP contribution in [0.25, 0.3) is 0 Å². The van der Waals surface area contributed by atoms with Crippen molar-refractivity contribution in [1.82, 2.24) is 4.90 Å². The first kappa shape index (κ1) is 15.4. The number of fused-ring (bicyclic) bond motifs is 2. The smallest absolute Gasteiger partial charge is 0.150 e. The molecule has 3 aliphatic carbocycles. The predicted molar refractivity (Wildman–Crippen MR) is 95.0 cm³/mol. The SMILES string of the molecule is CC1(O)CCC2=CN(C3=C/C=C\C(C=O)=C/C=C\3)[C@H]3CC3=C2CC1. The number of nitrogens with zero attached hydrogens (tertiary/aromatic N) is 1. The summed E-state index contributed by atoms with van der Waals surface area (Å²) in [6.07, 6.45) is 19.6. The lowest BCUT2D eigenvalue weighted by Crippen LogP contribution is -2.22. The number of hydrogen-bond acceptors (Lipinski definition) is 3. The van der Waals surface area contributed by atoms with Crippen LogP contribution in [0.5, 0.6) is 0 Å². The fourth-order valence-electron chi connectivity index (χ4n) is 3.87. The van der Waals surface area contributed by atoms with Gasteiger partial charge in [0.1, 0.15) is 6.29 Å². The number of hydrogen-bond donors (Lipinski definition) is 1. The van der Waals surface area contributed by atoms with E-state index in [-0.39, 0.29) is 0 Å². The van der Waals surface area contributed by atoms with E-state index in [9.17, 15) is 9.90 Å². The molecule has 0 aromatic heterocycles. The molecule has 0 spiro atoms. The average molecular weight is 321 g/mol. The van der Waals surface area contributed by atoms with Crippen molar-refractivity contribution in [2.24, 2.45) is 0 Å². The normalized spacial score (nSPS) is 38.8. The van der Waals surface area contributed by atoms with E-state index in [2.05, 4.69) is 23.3 Å². The van der Waals surface area contributed by atoms with Crippen molar-refractivity contribution in [3.63, 3.8) is 0 Å². The molecule has 1 heterocycles. The van der Waals surface area contributed by atoms with Crippen molar-refractivity contribution >= 4 is 6.29 Å². The van der Waals surface area contributed by atoms with Crippen LogP contribution < -0.4 is 0 Å². The first-order valence-corrected chi connectivity index (χ1v) is 8.73. The second-order valence-corrected chi connectivity index (χ2v) is 7.38. The van der Waals surface area contributed by atoms with Gasteiger partial charge in [-0.1, -0.05) is 24.3 Å². The Morgan fingerprint density at radius 2 is 2.00 bits per heavy atom. The van der Waals surface area contributed by atoms with Crippen molar-refractivity contribution in [1.29, 1.82) is 0 Å². The highest BCUT2D eigenvalue weighted by Crippen LogP contribution is 2.49. The zero-order chi connectivity index (χ0) is 16.7. The summed E-state index contributed by atoms with van der Waals surface area (Å²) in [7, 11) is 0. The molecule has 4 aliphatic rings. The number of carbonyl (C=O) groups is 1. The van der Waals surface area contributed by atoms with Crippen molar-refractivity contribution in [2.45, 2.75) is 50.7 Å². The fraction of sp³-hybridized carbons (Fsp3) is 0.381. The van der Waals surface area contributed by atoms with Gasteiger partial charge in [0.25, 0.3) is 0 Å². The van der Waals surface area contributed by atoms with Crippen LogP contribution in [0.15, 0.2) is 70.6 Å². The van der Waals surface area contributed by atoms with Crippen molar-refractivity contribution in [3.8, 4) is 0 Å². The van der Waals surface area contributed by atoms with Gasteiger partial charge in [-0.2, -0.15) is 0 Å². The molecule has 24 heavy (non-hydrogen) atoms. The van der Waals surface area contributed by atoms with Gasteiger partial charge in [-0.05, 0) is 67.9 Å². The van der Waals surface area contributed by atoms with E-state index in [0.29, 0.717) is 11.6 Å². The molecule has 0 bridgehead atoms. The number of rotatable bonds is 2. The average Bonchev–Trinajstić information content (AvgIpc) is 3.32. The maximum Gasteiger partial charge on any atom is 0.150 e. The molecule has 2 saturated carbocycles. The van der Waals surface area contributed by atoms with E-state index in [0.717, 1.165) is 44.1 Å². The van der Waals surface area contributed by atoms with Crippen LogP contribution in [0.4, 0.5) is 0 Å². The second kappa shape index (κ2) is 5.75. The molecule has 3 nitrogen and oxygen atoms in total. The van der Waals surface area contributed by atoms with Crippen LogP contribution >= 0.6 is 0 Å². The molecule has 1 N–H and O–H groups in total. The van der Waals surface area contributed by atoms with Gasteiger partial charge in [-0.15, -0.1) is 0 Å². The summed E-state index contributed by atoms with van der Waals surface area (Å²) in [4.78, 5) is 13.2. The molecule has 0 saturated heterocycles. The van der Waals surface area contributed by atoms with Gasteiger partial charge in [-0.3, -0.25) is 4.79 Å². The van der Waals surface area contributed by atoms with Crippen LogP contribution in [-0.2, 0) is 4.79 Å². The first-order chi connectivity index (χ1) is 11.6. The third-order valence-electron chi connectivity index (χ3n) is 5.45. The van der Waals surface area contributed by atoms with Crippen LogP contribution in [0.2, 0.25) is 0 Å². The van der Waals surface area contributed by atoms with E-state index < -0.39 is 5.60 Å². The van der Waals surface area contributed by atoms with Crippen LogP contribution in [0.1, 0.15) is 39.0 Å². The molecule has 2 fully saturated rings. The standard InChI is InChI=1S/C21H23NO2/c1-21(24)10-8-16-13-22(20-12-19(20)18(16)9-11-21)17-6-2-4-15(14-23)5-3-7-17/h2-7,13-14,20,24H,8-12H2,1H3/b4-2-,5-3?,6-2?,7-3-,15-4?,15-5+,17-6+,17-7?/t20-,21?/m0/s1. The molecular weight excluding hydrogens is 298 g/mol. The maximum atomic E-state index is 10.9.